The molecule has 0 atom stereocenters. The van der Waals surface area contributed by atoms with Gasteiger partial charge in [-0.3, -0.25) is 9.36 Å². The van der Waals surface area contributed by atoms with Gasteiger partial charge < -0.3 is 0 Å². The van der Waals surface area contributed by atoms with E-state index in [-0.39, 0.29) is 11.8 Å². The second kappa shape index (κ2) is 4.90. The number of nitrogens with zero attached hydrogens (tertiary/aromatic N) is 1. The van der Waals surface area contributed by atoms with Gasteiger partial charge in [-0.15, -0.1) is 11.6 Å². The number of carbonyl (C=O) groups is 1. The fraction of sp³-hybridized carbons (Fsp3) is 0.0625. The van der Waals surface area contributed by atoms with Crippen LogP contribution in [0.4, 0.5) is 0 Å². The monoisotopic (exact) mass is 269 g/mol. The summed E-state index contributed by atoms with van der Waals surface area (Å²) in [6.45, 7) is 0. The molecular weight excluding hydrogens is 258 g/mol. The van der Waals surface area contributed by atoms with E-state index in [0.717, 1.165) is 22.2 Å². The molecule has 3 rings (SSSR count). The van der Waals surface area contributed by atoms with Crippen molar-refractivity contribution in [2.75, 3.05) is 5.88 Å². The smallest absolute Gasteiger partial charge is 0.246 e. The van der Waals surface area contributed by atoms with E-state index in [1.165, 1.54) is 0 Å². The average molecular weight is 270 g/mol. The lowest BCUT2D eigenvalue weighted by molar-refractivity contribution is 0.0947. The number of para-hydroxylation sites is 1. The minimum absolute atomic E-state index is 0.0293. The summed E-state index contributed by atoms with van der Waals surface area (Å²) in [4.78, 5) is 12.1. The van der Waals surface area contributed by atoms with Gasteiger partial charge in [0.15, 0.2) is 0 Å². The highest BCUT2D eigenvalue weighted by atomic mass is 35.5. The van der Waals surface area contributed by atoms with Gasteiger partial charge in [-0.05, 0) is 17.7 Å². The Hall–Kier alpha value is -2.06. The third-order valence-corrected chi connectivity index (χ3v) is 3.37. The molecule has 0 saturated heterocycles. The molecule has 0 saturated carbocycles. The van der Waals surface area contributed by atoms with Gasteiger partial charge in [0.1, 0.15) is 5.88 Å². The summed E-state index contributed by atoms with van der Waals surface area (Å²) in [7, 11) is 0. The summed E-state index contributed by atoms with van der Waals surface area (Å²) in [5.41, 5.74) is 2.79. The van der Waals surface area contributed by atoms with Crippen molar-refractivity contribution in [3.63, 3.8) is 0 Å². The molecule has 2 nitrogen and oxygen atoms in total. The van der Waals surface area contributed by atoms with Gasteiger partial charge in [0, 0.05) is 5.39 Å². The SMILES string of the molecule is O=C(CCl)n1c(-c2ccccc2)cc2ccccc21. The number of hydrogen-bond donors (Lipinski definition) is 0. The van der Waals surface area contributed by atoms with Crippen LogP contribution >= 0.6 is 11.6 Å². The number of fused-ring (bicyclic) bond motifs is 1. The number of carbonyl (C=O) groups excluding carboxylic acids is 1. The second-order valence-corrected chi connectivity index (χ2v) is 4.58. The van der Waals surface area contributed by atoms with Crippen LogP contribution in [0, 0.1) is 0 Å². The average Bonchev–Trinajstić information content (AvgIpc) is 2.87. The molecule has 94 valence electrons. The summed E-state index contributed by atoms with van der Waals surface area (Å²) >= 11 is 5.73. The van der Waals surface area contributed by atoms with Gasteiger partial charge in [0.2, 0.25) is 5.91 Å². The summed E-state index contributed by atoms with van der Waals surface area (Å²) in [5, 5.41) is 1.04. The zero-order valence-corrected chi connectivity index (χ0v) is 11.0. The van der Waals surface area contributed by atoms with Crippen molar-refractivity contribution >= 4 is 28.4 Å². The van der Waals surface area contributed by atoms with Crippen LogP contribution in [0.2, 0.25) is 0 Å². The molecule has 0 spiro atoms. The van der Waals surface area contributed by atoms with Gasteiger partial charge in [-0.2, -0.15) is 0 Å². The molecule has 2 aromatic carbocycles. The highest BCUT2D eigenvalue weighted by Crippen LogP contribution is 2.28. The lowest BCUT2D eigenvalue weighted by atomic mass is 10.1. The van der Waals surface area contributed by atoms with E-state index in [9.17, 15) is 4.79 Å². The van der Waals surface area contributed by atoms with E-state index in [0.29, 0.717) is 0 Å². The molecule has 0 fully saturated rings. The van der Waals surface area contributed by atoms with E-state index in [2.05, 4.69) is 0 Å². The van der Waals surface area contributed by atoms with Crippen molar-refractivity contribution in [2.45, 2.75) is 0 Å². The predicted octanol–water partition coefficient (Wildman–Crippen LogP) is 4.19. The van der Waals surface area contributed by atoms with Gasteiger partial charge in [-0.25, -0.2) is 0 Å². The Kier molecular flexibility index (Phi) is 3.10. The van der Waals surface area contributed by atoms with E-state index >= 15 is 0 Å². The fourth-order valence-electron chi connectivity index (χ4n) is 2.30. The van der Waals surface area contributed by atoms with Gasteiger partial charge in [-0.1, -0.05) is 48.5 Å². The molecule has 3 heteroatoms. The van der Waals surface area contributed by atoms with Crippen LogP contribution in [0.5, 0.6) is 0 Å². The Morgan fingerprint density at radius 1 is 1.00 bits per heavy atom. The molecule has 3 aromatic rings. The summed E-state index contributed by atoms with van der Waals surface area (Å²) in [5.74, 6) is -0.139. The van der Waals surface area contributed by atoms with E-state index in [4.69, 9.17) is 11.6 Å². The largest absolute Gasteiger partial charge is 0.279 e. The number of benzene rings is 2. The van der Waals surface area contributed by atoms with Gasteiger partial charge >= 0.3 is 0 Å². The lowest BCUT2D eigenvalue weighted by Gasteiger charge is -2.07. The van der Waals surface area contributed by atoms with E-state index in [1.54, 1.807) is 4.57 Å². The van der Waals surface area contributed by atoms with Crippen LogP contribution in [-0.2, 0) is 0 Å². The second-order valence-electron chi connectivity index (χ2n) is 4.32. The normalized spacial score (nSPS) is 10.8. The van der Waals surface area contributed by atoms with Crippen molar-refractivity contribution in [1.82, 2.24) is 4.57 Å². The molecule has 0 N–H and O–H groups in total. The van der Waals surface area contributed by atoms with Crippen molar-refractivity contribution in [3.05, 3.63) is 60.7 Å². The fourth-order valence-corrected chi connectivity index (χ4v) is 2.42. The predicted molar refractivity (Wildman–Crippen MR) is 78.7 cm³/mol. The van der Waals surface area contributed by atoms with E-state index in [1.807, 2.05) is 60.7 Å². The van der Waals surface area contributed by atoms with Crippen molar-refractivity contribution in [3.8, 4) is 11.3 Å². The maximum absolute atomic E-state index is 12.1. The maximum atomic E-state index is 12.1. The Morgan fingerprint density at radius 2 is 1.68 bits per heavy atom. The molecule has 0 aliphatic carbocycles. The topological polar surface area (TPSA) is 22.0 Å². The van der Waals surface area contributed by atoms with Crippen LogP contribution in [0.1, 0.15) is 4.79 Å². The Morgan fingerprint density at radius 3 is 2.42 bits per heavy atom. The molecule has 1 heterocycles. The Labute approximate surface area is 116 Å². The Bertz CT molecular complexity index is 731. The third kappa shape index (κ3) is 2.04. The molecule has 1 aromatic heterocycles. The van der Waals surface area contributed by atoms with Crippen molar-refractivity contribution in [2.24, 2.45) is 0 Å². The quantitative estimate of drug-likeness (QED) is 0.640. The number of halogens is 1. The number of aromatic nitrogens is 1. The zero-order chi connectivity index (χ0) is 13.2. The summed E-state index contributed by atoms with van der Waals surface area (Å²) in [6, 6.07) is 19.7. The molecule has 19 heavy (non-hydrogen) atoms. The lowest BCUT2D eigenvalue weighted by Crippen LogP contribution is -2.12. The molecule has 0 aliphatic rings. The van der Waals surface area contributed by atoms with E-state index < -0.39 is 0 Å². The maximum Gasteiger partial charge on any atom is 0.246 e. The summed E-state index contributed by atoms with van der Waals surface area (Å²) < 4.78 is 1.69. The van der Waals surface area contributed by atoms with Crippen molar-refractivity contribution < 1.29 is 4.79 Å². The van der Waals surface area contributed by atoms with Crippen LogP contribution < -0.4 is 0 Å². The van der Waals surface area contributed by atoms with Crippen molar-refractivity contribution in [1.29, 1.82) is 0 Å². The summed E-state index contributed by atoms with van der Waals surface area (Å²) in [6.07, 6.45) is 0. The number of hydrogen-bond acceptors (Lipinski definition) is 1. The zero-order valence-electron chi connectivity index (χ0n) is 10.2. The first-order valence-corrected chi connectivity index (χ1v) is 6.60. The number of alkyl halides is 1. The first-order valence-electron chi connectivity index (χ1n) is 6.06. The standard InChI is InChI=1S/C16H12ClNO/c17-11-16(19)18-14-9-5-4-8-13(14)10-15(18)12-6-2-1-3-7-12/h1-10H,11H2. The molecule has 0 unspecified atom stereocenters. The first-order chi connectivity index (χ1) is 9.31. The minimum Gasteiger partial charge on any atom is -0.279 e. The van der Waals surface area contributed by atoms with Gasteiger partial charge in [0.05, 0.1) is 11.2 Å². The van der Waals surface area contributed by atoms with Crippen LogP contribution in [0.15, 0.2) is 60.7 Å². The van der Waals surface area contributed by atoms with Crippen LogP contribution in [-0.4, -0.2) is 16.4 Å². The molecule has 0 aliphatic heterocycles. The van der Waals surface area contributed by atoms with Gasteiger partial charge in [0.25, 0.3) is 0 Å². The highest BCUT2D eigenvalue weighted by Gasteiger charge is 2.14. The minimum atomic E-state index is -0.110. The Balaban J connectivity index is 2.32. The molecule has 0 bridgehead atoms. The highest BCUT2D eigenvalue weighted by molar-refractivity contribution is 6.28. The van der Waals surface area contributed by atoms with Crippen LogP contribution in [0.25, 0.3) is 22.2 Å². The molecule has 0 amide bonds. The van der Waals surface area contributed by atoms with Crippen LogP contribution in [0.3, 0.4) is 0 Å². The third-order valence-electron chi connectivity index (χ3n) is 3.14. The number of rotatable bonds is 2. The first kappa shape index (κ1) is 12.0. The molecule has 0 radical (unpaired) electrons. The molecular formula is C16H12ClNO.